The Labute approximate surface area is 125 Å². The molecule has 1 atom stereocenters. The zero-order valence-corrected chi connectivity index (χ0v) is 13.0. The van der Waals surface area contributed by atoms with E-state index in [2.05, 4.69) is 20.1 Å². The van der Waals surface area contributed by atoms with Crippen LogP contribution in [0.4, 0.5) is 0 Å². The fourth-order valence-electron chi connectivity index (χ4n) is 3.13. The second kappa shape index (κ2) is 5.97. The van der Waals surface area contributed by atoms with Crippen LogP contribution in [0.5, 0.6) is 0 Å². The second-order valence-corrected chi connectivity index (χ2v) is 6.07. The Kier molecular flexibility index (Phi) is 4.05. The van der Waals surface area contributed by atoms with Gasteiger partial charge in [-0.3, -0.25) is 4.90 Å². The monoisotopic (exact) mass is 289 g/mol. The van der Waals surface area contributed by atoms with Crippen LogP contribution in [0.25, 0.3) is 0 Å². The van der Waals surface area contributed by atoms with Crippen LogP contribution >= 0.6 is 0 Å². The van der Waals surface area contributed by atoms with Crippen LogP contribution in [0.15, 0.2) is 10.6 Å². The summed E-state index contributed by atoms with van der Waals surface area (Å²) in [5.74, 6) is 3.45. The number of hydrogen-bond donors (Lipinski definition) is 0. The van der Waals surface area contributed by atoms with Crippen molar-refractivity contribution in [2.24, 2.45) is 5.92 Å². The van der Waals surface area contributed by atoms with Crippen molar-refractivity contribution in [3.8, 4) is 0 Å². The van der Waals surface area contributed by atoms with Gasteiger partial charge in [-0.15, -0.1) is 0 Å². The Hall–Kier alpha value is -1.69. The highest BCUT2D eigenvalue weighted by Gasteiger charge is 2.22. The van der Waals surface area contributed by atoms with Gasteiger partial charge >= 0.3 is 0 Å². The quantitative estimate of drug-likeness (QED) is 0.862. The van der Waals surface area contributed by atoms with Crippen molar-refractivity contribution in [2.45, 2.75) is 46.7 Å². The highest BCUT2D eigenvalue weighted by molar-refractivity contribution is 5.03. The first kappa shape index (κ1) is 14.3. The molecule has 6 nitrogen and oxygen atoms in total. The summed E-state index contributed by atoms with van der Waals surface area (Å²) in [6.07, 6.45) is 2.48. The molecule has 114 valence electrons. The van der Waals surface area contributed by atoms with Gasteiger partial charge in [-0.2, -0.15) is 5.10 Å². The van der Waals surface area contributed by atoms with Crippen molar-refractivity contribution in [1.82, 2.24) is 24.8 Å². The van der Waals surface area contributed by atoms with Gasteiger partial charge in [-0.05, 0) is 46.1 Å². The zero-order valence-electron chi connectivity index (χ0n) is 13.0. The Bertz CT molecular complexity index is 603. The van der Waals surface area contributed by atoms with Crippen LogP contribution < -0.4 is 0 Å². The minimum absolute atomic E-state index is 0.627. The van der Waals surface area contributed by atoms with Crippen molar-refractivity contribution < 1.29 is 4.52 Å². The molecule has 1 fully saturated rings. The molecule has 2 aromatic rings. The summed E-state index contributed by atoms with van der Waals surface area (Å²) in [7, 11) is 0. The highest BCUT2D eigenvalue weighted by Crippen LogP contribution is 2.20. The minimum atomic E-state index is 0.627. The molecule has 1 saturated heterocycles. The van der Waals surface area contributed by atoms with Gasteiger partial charge in [0.15, 0.2) is 5.76 Å². The van der Waals surface area contributed by atoms with Crippen molar-refractivity contribution in [1.29, 1.82) is 0 Å². The molecule has 0 aromatic carbocycles. The molecule has 1 aliphatic rings. The summed E-state index contributed by atoms with van der Waals surface area (Å²) < 4.78 is 7.37. The number of likely N-dealkylation sites (tertiary alicyclic amines) is 1. The third-order valence-corrected chi connectivity index (χ3v) is 4.05. The summed E-state index contributed by atoms with van der Waals surface area (Å²) in [6.45, 7) is 9.96. The lowest BCUT2D eigenvalue weighted by Gasteiger charge is -2.32. The van der Waals surface area contributed by atoms with E-state index in [-0.39, 0.29) is 0 Å². The van der Waals surface area contributed by atoms with Crippen LogP contribution in [0.1, 0.15) is 35.9 Å². The molecule has 0 N–H and O–H groups in total. The van der Waals surface area contributed by atoms with E-state index in [9.17, 15) is 0 Å². The molecular formula is C15H23N5O. The van der Waals surface area contributed by atoms with Crippen LogP contribution in [0.3, 0.4) is 0 Å². The minimum Gasteiger partial charge on any atom is -0.360 e. The molecule has 0 spiro atoms. The van der Waals surface area contributed by atoms with Crippen molar-refractivity contribution in [2.75, 3.05) is 13.1 Å². The fourth-order valence-corrected chi connectivity index (χ4v) is 3.13. The number of aryl methyl sites for hydroxylation is 3. The number of aromatic nitrogens is 4. The first-order chi connectivity index (χ1) is 10.1. The van der Waals surface area contributed by atoms with E-state index in [4.69, 9.17) is 4.52 Å². The Morgan fingerprint density at radius 3 is 2.86 bits per heavy atom. The summed E-state index contributed by atoms with van der Waals surface area (Å²) >= 11 is 0. The molecule has 21 heavy (non-hydrogen) atoms. The average Bonchev–Trinajstić information content (AvgIpc) is 2.96. The normalized spacial score (nSPS) is 20.0. The Morgan fingerprint density at radius 2 is 2.19 bits per heavy atom. The Morgan fingerprint density at radius 1 is 1.33 bits per heavy atom. The average molecular weight is 289 g/mol. The zero-order chi connectivity index (χ0) is 14.8. The Balaban J connectivity index is 1.59. The third-order valence-electron chi connectivity index (χ3n) is 4.05. The van der Waals surface area contributed by atoms with Crippen LogP contribution in [-0.2, 0) is 13.1 Å². The first-order valence-electron chi connectivity index (χ1n) is 7.63. The summed E-state index contributed by atoms with van der Waals surface area (Å²) in [6, 6.07) is 2.02. The molecule has 0 saturated carbocycles. The topological polar surface area (TPSA) is 60.0 Å². The number of nitrogens with zero attached hydrogens (tertiary/aromatic N) is 5. The molecule has 0 bridgehead atoms. The number of hydrogen-bond acceptors (Lipinski definition) is 5. The first-order valence-corrected chi connectivity index (χ1v) is 7.63. The number of piperidine rings is 1. The second-order valence-electron chi connectivity index (χ2n) is 6.07. The van der Waals surface area contributed by atoms with Gasteiger partial charge in [0.1, 0.15) is 11.6 Å². The summed E-state index contributed by atoms with van der Waals surface area (Å²) in [4.78, 5) is 6.83. The van der Waals surface area contributed by atoms with Crippen LogP contribution in [0.2, 0.25) is 0 Å². The van der Waals surface area contributed by atoms with E-state index in [0.717, 1.165) is 49.3 Å². The third kappa shape index (κ3) is 3.50. The SMILES string of the molecule is Cc1cc(CN2CCCC(Cn3nc(C)nc3C)C2)on1. The van der Waals surface area contributed by atoms with Gasteiger partial charge in [-0.25, -0.2) is 9.67 Å². The van der Waals surface area contributed by atoms with E-state index in [1.165, 1.54) is 12.8 Å². The van der Waals surface area contributed by atoms with E-state index in [1.807, 2.05) is 31.5 Å². The molecule has 3 rings (SSSR count). The molecule has 0 radical (unpaired) electrons. The van der Waals surface area contributed by atoms with Crippen LogP contribution in [-0.4, -0.2) is 37.9 Å². The maximum Gasteiger partial charge on any atom is 0.150 e. The largest absolute Gasteiger partial charge is 0.360 e. The smallest absolute Gasteiger partial charge is 0.150 e. The standard InChI is InChI=1S/C15H23N5O/c1-11-7-15(21-18-11)10-19-6-4-5-14(8-19)9-20-13(3)16-12(2)17-20/h7,14H,4-6,8-10H2,1-3H3. The lowest BCUT2D eigenvalue weighted by atomic mass is 9.98. The fraction of sp³-hybridized carbons (Fsp3) is 0.667. The van der Waals surface area contributed by atoms with E-state index < -0.39 is 0 Å². The predicted molar refractivity (Wildman–Crippen MR) is 78.7 cm³/mol. The lowest BCUT2D eigenvalue weighted by Crippen LogP contribution is -2.36. The van der Waals surface area contributed by atoms with Gasteiger partial charge in [0.2, 0.25) is 0 Å². The van der Waals surface area contributed by atoms with Crippen molar-refractivity contribution in [3.05, 3.63) is 29.2 Å². The van der Waals surface area contributed by atoms with E-state index >= 15 is 0 Å². The molecule has 0 amide bonds. The van der Waals surface area contributed by atoms with Crippen molar-refractivity contribution >= 4 is 0 Å². The summed E-state index contributed by atoms with van der Waals surface area (Å²) in [5.41, 5.74) is 0.951. The van der Waals surface area contributed by atoms with Gasteiger partial charge < -0.3 is 4.52 Å². The van der Waals surface area contributed by atoms with Gasteiger partial charge in [0, 0.05) is 19.2 Å². The van der Waals surface area contributed by atoms with Gasteiger partial charge in [-0.1, -0.05) is 5.16 Å². The molecule has 6 heteroatoms. The van der Waals surface area contributed by atoms with Crippen molar-refractivity contribution in [3.63, 3.8) is 0 Å². The predicted octanol–water partition coefficient (Wildman–Crippen LogP) is 2.10. The molecule has 0 aliphatic carbocycles. The van der Waals surface area contributed by atoms with Gasteiger partial charge in [0.25, 0.3) is 0 Å². The number of rotatable bonds is 4. The van der Waals surface area contributed by atoms with E-state index in [1.54, 1.807) is 0 Å². The molecule has 1 unspecified atom stereocenters. The molecular weight excluding hydrogens is 266 g/mol. The van der Waals surface area contributed by atoms with Gasteiger partial charge in [0.05, 0.1) is 12.2 Å². The molecule has 1 aliphatic heterocycles. The maximum absolute atomic E-state index is 5.32. The highest BCUT2D eigenvalue weighted by atomic mass is 16.5. The molecule has 3 heterocycles. The van der Waals surface area contributed by atoms with Crippen LogP contribution in [0, 0.1) is 26.7 Å². The molecule has 2 aromatic heterocycles. The lowest BCUT2D eigenvalue weighted by molar-refractivity contribution is 0.140. The summed E-state index contributed by atoms with van der Waals surface area (Å²) in [5, 5.41) is 8.43. The maximum atomic E-state index is 5.32. The van der Waals surface area contributed by atoms with E-state index in [0.29, 0.717) is 5.92 Å².